The molecule has 6 heteroatoms. The van der Waals surface area contributed by atoms with Crippen LogP contribution < -0.4 is 4.74 Å². The van der Waals surface area contributed by atoms with Crippen LogP contribution in [0.4, 0.5) is 5.82 Å². The Hall–Kier alpha value is -1.36. The highest BCUT2D eigenvalue weighted by Gasteiger charge is 2.18. The van der Waals surface area contributed by atoms with Gasteiger partial charge in [-0.25, -0.2) is 0 Å². The summed E-state index contributed by atoms with van der Waals surface area (Å²) in [6, 6.07) is 1.42. The third-order valence-corrected chi connectivity index (χ3v) is 1.51. The molecule has 0 bridgehead atoms. The number of nitrogens with zero attached hydrogens (tertiary/aromatic N) is 2. The molecule has 1 aromatic heterocycles. The van der Waals surface area contributed by atoms with E-state index in [0.29, 0.717) is 0 Å². The molecule has 1 heterocycles. The molecule has 0 N–H and O–H groups in total. The van der Waals surface area contributed by atoms with Gasteiger partial charge in [0, 0.05) is 6.07 Å². The van der Waals surface area contributed by atoms with Crippen LogP contribution in [0.15, 0.2) is 12.3 Å². The molecule has 0 aliphatic carbocycles. The van der Waals surface area contributed by atoms with E-state index < -0.39 is 4.92 Å². The number of methoxy groups -OCH3 is 1. The molecular weight excluding hydrogens is 184 g/mol. The summed E-state index contributed by atoms with van der Waals surface area (Å²) in [5.74, 6) is -0.380. The van der Waals surface area contributed by atoms with Crippen molar-refractivity contribution in [3.63, 3.8) is 0 Å². The van der Waals surface area contributed by atoms with Crippen LogP contribution in [0.2, 0.25) is 5.02 Å². The normalized spacial score (nSPS) is 9.50. The highest BCUT2D eigenvalue weighted by Crippen LogP contribution is 2.31. The lowest BCUT2D eigenvalue weighted by Crippen LogP contribution is -1.96. The van der Waals surface area contributed by atoms with Crippen molar-refractivity contribution in [2.24, 2.45) is 0 Å². The number of nitro groups is 1. The van der Waals surface area contributed by atoms with Crippen molar-refractivity contribution in [2.45, 2.75) is 0 Å². The van der Waals surface area contributed by atoms with E-state index >= 15 is 0 Å². The molecule has 64 valence electrons. The van der Waals surface area contributed by atoms with Crippen LogP contribution in [0.1, 0.15) is 0 Å². The minimum absolute atomic E-state index is 0.0100. The van der Waals surface area contributed by atoms with Crippen LogP contribution in [0.3, 0.4) is 0 Å². The zero-order chi connectivity index (χ0) is 9.14. The summed E-state index contributed by atoms with van der Waals surface area (Å²) < 4.78 is 4.70. The van der Waals surface area contributed by atoms with Gasteiger partial charge in [-0.15, -0.1) is 0 Å². The van der Waals surface area contributed by atoms with Crippen LogP contribution in [-0.2, 0) is 0 Å². The van der Waals surface area contributed by atoms with E-state index in [1.807, 2.05) is 0 Å². The topological polar surface area (TPSA) is 65.3 Å². The summed E-state index contributed by atoms with van der Waals surface area (Å²) in [4.78, 5) is 13.2. The van der Waals surface area contributed by atoms with Gasteiger partial charge in [0.2, 0.25) is 5.75 Å². The van der Waals surface area contributed by atoms with E-state index in [1.54, 1.807) is 0 Å². The van der Waals surface area contributed by atoms with Gasteiger partial charge in [0.1, 0.15) is 6.20 Å². The van der Waals surface area contributed by atoms with Crippen molar-refractivity contribution in [1.82, 2.24) is 4.98 Å². The Labute approximate surface area is 73.1 Å². The number of halogens is 1. The molecule has 0 aliphatic heterocycles. The summed E-state index contributed by atoms with van der Waals surface area (Å²) in [7, 11) is 1.30. The Kier molecular flexibility index (Phi) is 2.44. The minimum Gasteiger partial charge on any atom is -0.488 e. The largest absolute Gasteiger partial charge is 0.488 e. The van der Waals surface area contributed by atoms with Crippen LogP contribution in [0, 0.1) is 10.1 Å². The molecule has 0 atom stereocenters. The second kappa shape index (κ2) is 3.36. The SMILES string of the molecule is COc1c(Cl)ccnc1[N+](=O)[O-]. The molecule has 0 fully saturated rings. The van der Waals surface area contributed by atoms with Gasteiger partial charge in [0.05, 0.1) is 12.1 Å². The molecule has 0 radical (unpaired) electrons. The molecule has 0 aromatic carbocycles. The molecule has 12 heavy (non-hydrogen) atoms. The fraction of sp³-hybridized carbons (Fsp3) is 0.167. The van der Waals surface area contributed by atoms with Crippen molar-refractivity contribution in [3.05, 3.63) is 27.4 Å². The van der Waals surface area contributed by atoms with Crippen molar-refractivity contribution >= 4 is 17.4 Å². The Bertz CT molecular complexity index is 316. The second-order valence-corrected chi connectivity index (χ2v) is 2.31. The van der Waals surface area contributed by atoms with Crippen molar-refractivity contribution < 1.29 is 9.66 Å². The Morgan fingerprint density at radius 1 is 1.75 bits per heavy atom. The average molecular weight is 189 g/mol. The Morgan fingerprint density at radius 3 is 2.83 bits per heavy atom. The number of hydrogen-bond acceptors (Lipinski definition) is 4. The van der Waals surface area contributed by atoms with Gasteiger partial charge in [-0.3, -0.25) is 0 Å². The van der Waals surface area contributed by atoms with Crippen molar-refractivity contribution in [2.75, 3.05) is 7.11 Å². The summed E-state index contributed by atoms with van der Waals surface area (Å²) in [5.41, 5.74) is 0. The maximum atomic E-state index is 10.3. The standard InChI is InChI=1S/C6H5ClN2O3/c1-12-5-4(7)2-3-8-6(5)9(10)11/h2-3H,1H3. The summed E-state index contributed by atoms with van der Waals surface area (Å²) in [6.45, 7) is 0. The van der Waals surface area contributed by atoms with Crippen molar-refractivity contribution in [3.8, 4) is 5.75 Å². The lowest BCUT2D eigenvalue weighted by atomic mass is 10.4. The van der Waals surface area contributed by atoms with Gasteiger partial charge in [0.25, 0.3) is 0 Å². The fourth-order valence-electron chi connectivity index (χ4n) is 0.733. The molecule has 1 aromatic rings. The molecule has 5 nitrogen and oxygen atoms in total. The highest BCUT2D eigenvalue weighted by molar-refractivity contribution is 6.32. The number of pyridine rings is 1. The lowest BCUT2D eigenvalue weighted by molar-refractivity contribution is -0.390. The van der Waals surface area contributed by atoms with E-state index in [9.17, 15) is 10.1 Å². The first-order valence-corrected chi connectivity index (χ1v) is 3.37. The first kappa shape index (κ1) is 8.73. The van der Waals surface area contributed by atoms with Crippen molar-refractivity contribution in [1.29, 1.82) is 0 Å². The minimum atomic E-state index is -0.648. The quantitative estimate of drug-likeness (QED) is 0.523. The number of rotatable bonds is 2. The second-order valence-electron chi connectivity index (χ2n) is 1.91. The van der Waals surface area contributed by atoms with Crippen LogP contribution in [0.5, 0.6) is 5.75 Å². The zero-order valence-corrected chi connectivity index (χ0v) is 6.91. The summed E-state index contributed by atoms with van der Waals surface area (Å²) in [5, 5.41) is 10.5. The van der Waals surface area contributed by atoms with Crippen LogP contribution in [0.25, 0.3) is 0 Å². The van der Waals surface area contributed by atoms with Gasteiger partial charge < -0.3 is 14.9 Å². The number of hydrogen-bond donors (Lipinski definition) is 0. The van der Waals surface area contributed by atoms with E-state index in [1.165, 1.54) is 19.4 Å². The first-order valence-electron chi connectivity index (χ1n) is 2.99. The molecule has 1 rings (SSSR count). The monoisotopic (exact) mass is 188 g/mol. The van der Waals surface area contributed by atoms with Gasteiger partial charge in [-0.05, 0) is 9.91 Å². The molecule has 0 unspecified atom stereocenters. The Morgan fingerprint density at radius 2 is 2.42 bits per heavy atom. The third-order valence-electron chi connectivity index (χ3n) is 1.21. The predicted molar refractivity (Wildman–Crippen MR) is 42.5 cm³/mol. The molecule has 0 aliphatic rings. The highest BCUT2D eigenvalue weighted by atomic mass is 35.5. The molecule has 0 saturated heterocycles. The first-order chi connectivity index (χ1) is 5.66. The molecule has 0 saturated carbocycles. The maximum absolute atomic E-state index is 10.3. The smallest absolute Gasteiger partial charge is 0.407 e. The summed E-state index contributed by atoms with van der Waals surface area (Å²) >= 11 is 5.60. The number of ether oxygens (including phenoxy) is 1. The third kappa shape index (κ3) is 1.45. The van der Waals surface area contributed by atoms with E-state index in [2.05, 4.69) is 4.98 Å². The molecule has 0 spiro atoms. The number of aromatic nitrogens is 1. The summed E-state index contributed by atoms with van der Waals surface area (Å²) in [6.07, 6.45) is 1.25. The van der Waals surface area contributed by atoms with E-state index in [4.69, 9.17) is 16.3 Å². The van der Waals surface area contributed by atoms with E-state index in [-0.39, 0.29) is 16.6 Å². The zero-order valence-electron chi connectivity index (χ0n) is 6.15. The van der Waals surface area contributed by atoms with Gasteiger partial charge in [0.15, 0.2) is 0 Å². The van der Waals surface area contributed by atoms with Crippen LogP contribution >= 0.6 is 11.6 Å². The lowest BCUT2D eigenvalue weighted by Gasteiger charge is -2.00. The van der Waals surface area contributed by atoms with Gasteiger partial charge in [-0.2, -0.15) is 0 Å². The Balaban J connectivity index is 3.27. The van der Waals surface area contributed by atoms with Gasteiger partial charge in [-0.1, -0.05) is 11.6 Å². The molecular formula is C6H5ClN2O3. The van der Waals surface area contributed by atoms with Gasteiger partial charge >= 0.3 is 5.82 Å². The van der Waals surface area contributed by atoms with Crippen LogP contribution in [-0.4, -0.2) is 17.0 Å². The predicted octanol–water partition coefficient (Wildman–Crippen LogP) is 1.65. The molecule has 0 amide bonds. The van der Waals surface area contributed by atoms with E-state index in [0.717, 1.165) is 0 Å². The fourth-order valence-corrected chi connectivity index (χ4v) is 0.951. The average Bonchev–Trinajstić information content (AvgIpc) is 2.03. The maximum Gasteiger partial charge on any atom is 0.407 e.